The van der Waals surface area contributed by atoms with Gasteiger partial charge >= 0.3 is 5.97 Å². The maximum Gasteiger partial charge on any atom is 0.303 e. The molecule has 1 aromatic rings. The highest BCUT2D eigenvalue weighted by atomic mass is 16.4. The van der Waals surface area contributed by atoms with Gasteiger partial charge in [-0.15, -0.1) is 0 Å². The molecular formula is C15H20N2O3. The lowest BCUT2D eigenvalue weighted by Crippen LogP contribution is -2.38. The summed E-state index contributed by atoms with van der Waals surface area (Å²) in [7, 11) is 0. The van der Waals surface area contributed by atoms with E-state index in [-0.39, 0.29) is 12.3 Å². The molecule has 1 aromatic heterocycles. The zero-order chi connectivity index (χ0) is 14.5. The number of aliphatic carboxylic acids is 1. The van der Waals surface area contributed by atoms with E-state index in [1.54, 1.807) is 18.3 Å². The van der Waals surface area contributed by atoms with E-state index in [9.17, 15) is 9.59 Å². The lowest BCUT2D eigenvalue weighted by Gasteiger charge is -2.32. The highest BCUT2D eigenvalue weighted by Gasteiger charge is 2.23. The van der Waals surface area contributed by atoms with E-state index in [0.717, 1.165) is 18.5 Å². The highest BCUT2D eigenvalue weighted by molar-refractivity contribution is 5.94. The van der Waals surface area contributed by atoms with E-state index in [1.165, 1.54) is 0 Å². The number of pyridine rings is 1. The molecule has 108 valence electrons. The number of nitrogens with zero attached hydrogens (tertiary/aromatic N) is 2. The molecule has 1 aliphatic rings. The monoisotopic (exact) mass is 276 g/mol. The Morgan fingerprint density at radius 3 is 2.70 bits per heavy atom. The second kappa shape index (κ2) is 6.50. The summed E-state index contributed by atoms with van der Waals surface area (Å²) >= 11 is 0. The highest BCUT2D eigenvalue weighted by Crippen LogP contribution is 2.23. The Morgan fingerprint density at radius 1 is 1.40 bits per heavy atom. The Balaban J connectivity index is 1.87. The predicted molar refractivity (Wildman–Crippen MR) is 74.5 cm³/mol. The summed E-state index contributed by atoms with van der Waals surface area (Å²) in [6.45, 7) is 3.30. The van der Waals surface area contributed by atoms with Crippen molar-refractivity contribution in [2.75, 3.05) is 13.1 Å². The quantitative estimate of drug-likeness (QED) is 0.914. The van der Waals surface area contributed by atoms with Gasteiger partial charge in [0, 0.05) is 37.0 Å². The van der Waals surface area contributed by atoms with Crippen molar-refractivity contribution in [3.63, 3.8) is 0 Å². The number of rotatable bonds is 4. The summed E-state index contributed by atoms with van der Waals surface area (Å²) in [5.74, 6) is -0.266. The van der Waals surface area contributed by atoms with Crippen LogP contribution >= 0.6 is 0 Å². The van der Waals surface area contributed by atoms with Crippen molar-refractivity contribution in [1.29, 1.82) is 0 Å². The topological polar surface area (TPSA) is 70.5 Å². The van der Waals surface area contributed by atoms with Crippen molar-refractivity contribution < 1.29 is 14.7 Å². The molecule has 5 heteroatoms. The molecule has 0 bridgehead atoms. The molecule has 0 radical (unpaired) electrons. The number of piperidine rings is 1. The maximum absolute atomic E-state index is 12.3. The fourth-order valence-electron chi connectivity index (χ4n) is 2.61. The molecule has 1 fully saturated rings. The molecule has 20 heavy (non-hydrogen) atoms. The maximum atomic E-state index is 12.3. The molecule has 5 nitrogen and oxygen atoms in total. The van der Waals surface area contributed by atoms with Gasteiger partial charge in [0.15, 0.2) is 0 Å². The summed E-state index contributed by atoms with van der Waals surface area (Å²) in [6.07, 6.45) is 4.38. The van der Waals surface area contributed by atoms with Crippen LogP contribution in [0.4, 0.5) is 0 Å². The summed E-state index contributed by atoms with van der Waals surface area (Å²) in [6, 6.07) is 3.55. The number of carboxylic acid groups (broad SMARTS) is 1. The third-order valence-electron chi connectivity index (χ3n) is 3.81. The molecule has 1 aliphatic heterocycles. The zero-order valence-corrected chi connectivity index (χ0v) is 11.7. The van der Waals surface area contributed by atoms with Crippen LogP contribution in [0, 0.1) is 12.8 Å². The molecule has 0 unspecified atom stereocenters. The van der Waals surface area contributed by atoms with Crippen LogP contribution in [0.5, 0.6) is 0 Å². The van der Waals surface area contributed by atoms with Gasteiger partial charge < -0.3 is 10.0 Å². The normalized spacial score (nSPS) is 16.1. The number of hydrogen-bond donors (Lipinski definition) is 1. The molecule has 1 saturated heterocycles. The van der Waals surface area contributed by atoms with Gasteiger partial charge in [-0.1, -0.05) is 0 Å². The Bertz CT molecular complexity index is 494. The third kappa shape index (κ3) is 3.79. The Kier molecular flexibility index (Phi) is 4.71. The number of carbonyl (C=O) groups excluding carboxylic acids is 1. The van der Waals surface area contributed by atoms with E-state index in [1.807, 2.05) is 11.8 Å². The van der Waals surface area contributed by atoms with E-state index < -0.39 is 5.97 Å². The second-order valence-electron chi connectivity index (χ2n) is 5.35. The van der Waals surface area contributed by atoms with Crippen LogP contribution in [0.15, 0.2) is 18.3 Å². The SMILES string of the molecule is Cc1cc(C(=O)N2CCC(CCC(=O)O)CC2)ccn1. The van der Waals surface area contributed by atoms with E-state index in [4.69, 9.17) is 5.11 Å². The van der Waals surface area contributed by atoms with E-state index in [2.05, 4.69) is 4.98 Å². The molecule has 1 amide bonds. The number of aryl methyl sites for hydroxylation is 1. The van der Waals surface area contributed by atoms with Gasteiger partial charge in [0.25, 0.3) is 5.91 Å². The summed E-state index contributed by atoms with van der Waals surface area (Å²) in [4.78, 5) is 28.8. The van der Waals surface area contributed by atoms with Gasteiger partial charge in [0.1, 0.15) is 0 Å². The zero-order valence-electron chi connectivity index (χ0n) is 11.7. The molecular weight excluding hydrogens is 256 g/mol. The smallest absolute Gasteiger partial charge is 0.303 e. The van der Waals surface area contributed by atoms with Gasteiger partial charge in [-0.05, 0) is 44.2 Å². The molecule has 2 rings (SSSR count). The Morgan fingerprint density at radius 2 is 2.10 bits per heavy atom. The fraction of sp³-hybridized carbons (Fsp3) is 0.533. The molecule has 0 saturated carbocycles. The van der Waals surface area contributed by atoms with Gasteiger partial charge in [0.2, 0.25) is 0 Å². The minimum Gasteiger partial charge on any atom is -0.481 e. The van der Waals surface area contributed by atoms with Gasteiger partial charge in [-0.2, -0.15) is 0 Å². The van der Waals surface area contributed by atoms with Crippen LogP contribution in [-0.2, 0) is 4.79 Å². The third-order valence-corrected chi connectivity index (χ3v) is 3.81. The average Bonchev–Trinajstić information content (AvgIpc) is 2.45. The average molecular weight is 276 g/mol. The molecule has 2 heterocycles. The van der Waals surface area contributed by atoms with Gasteiger partial charge in [0.05, 0.1) is 0 Å². The second-order valence-corrected chi connectivity index (χ2v) is 5.35. The number of carboxylic acids is 1. The minimum atomic E-state index is -0.740. The van der Waals surface area contributed by atoms with Crippen molar-refractivity contribution in [2.45, 2.75) is 32.6 Å². The van der Waals surface area contributed by atoms with E-state index >= 15 is 0 Å². The number of amides is 1. The lowest BCUT2D eigenvalue weighted by molar-refractivity contribution is -0.137. The summed E-state index contributed by atoms with van der Waals surface area (Å²) < 4.78 is 0. The van der Waals surface area contributed by atoms with Crippen LogP contribution in [0.3, 0.4) is 0 Å². The molecule has 1 N–H and O–H groups in total. The Hall–Kier alpha value is -1.91. The first-order valence-corrected chi connectivity index (χ1v) is 7.00. The molecule has 0 aliphatic carbocycles. The van der Waals surface area contributed by atoms with E-state index in [0.29, 0.717) is 31.0 Å². The van der Waals surface area contributed by atoms with Crippen LogP contribution in [0.2, 0.25) is 0 Å². The van der Waals surface area contributed by atoms with Crippen molar-refractivity contribution in [1.82, 2.24) is 9.88 Å². The van der Waals surface area contributed by atoms with Gasteiger partial charge in [-0.25, -0.2) is 0 Å². The molecule has 0 aromatic carbocycles. The summed E-state index contributed by atoms with van der Waals surface area (Å²) in [5.41, 5.74) is 1.52. The molecule has 0 spiro atoms. The number of hydrogen-bond acceptors (Lipinski definition) is 3. The van der Waals surface area contributed by atoms with Crippen molar-refractivity contribution in [3.05, 3.63) is 29.6 Å². The first-order chi connectivity index (χ1) is 9.56. The molecule has 0 atom stereocenters. The van der Waals surface area contributed by atoms with Crippen molar-refractivity contribution in [2.24, 2.45) is 5.92 Å². The minimum absolute atomic E-state index is 0.0483. The van der Waals surface area contributed by atoms with Crippen LogP contribution in [0.25, 0.3) is 0 Å². The predicted octanol–water partition coefficient (Wildman–Crippen LogP) is 2.11. The van der Waals surface area contributed by atoms with Crippen molar-refractivity contribution >= 4 is 11.9 Å². The van der Waals surface area contributed by atoms with Crippen molar-refractivity contribution in [3.8, 4) is 0 Å². The number of likely N-dealkylation sites (tertiary alicyclic amines) is 1. The Labute approximate surface area is 118 Å². The lowest BCUT2D eigenvalue weighted by atomic mass is 9.92. The standard InChI is InChI=1S/C15H20N2O3/c1-11-10-13(4-7-16-11)15(20)17-8-5-12(6-9-17)2-3-14(18)19/h4,7,10,12H,2-3,5-6,8-9H2,1H3,(H,18,19). The van der Waals surface area contributed by atoms with Crippen LogP contribution in [-0.4, -0.2) is 40.0 Å². The van der Waals surface area contributed by atoms with Crippen LogP contribution in [0.1, 0.15) is 41.7 Å². The fourth-order valence-corrected chi connectivity index (χ4v) is 2.61. The first-order valence-electron chi connectivity index (χ1n) is 7.00. The first kappa shape index (κ1) is 14.5. The van der Waals surface area contributed by atoms with Gasteiger partial charge in [-0.3, -0.25) is 14.6 Å². The number of aromatic nitrogens is 1. The summed E-state index contributed by atoms with van der Waals surface area (Å²) in [5, 5.41) is 8.69. The number of carbonyl (C=O) groups is 2. The van der Waals surface area contributed by atoms with Crippen LogP contribution < -0.4 is 0 Å². The largest absolute Gasteiger partial charge is 0.481 e.